The third kappa shape index (κ3) is 5.01. The van der Waals surface area contributed by atoms with Gasteiger partial charge in [0.05, 0.1) is 30.8 Å². The molecule has 1 aromatic carbocycles. The molecular formula is C22H25ClN4O4. The van der Waals surface area contributed by atoms with Crippen molar-refractivity contribution < 1.29 is 9.53 Å². The molecular weight excluding hydrogens is 420 g/mol. The van der Waals surface area contributed by atoms with Gasteiger partial charge in [0.15, 0.2) is 0 Å². The molecule has 0 bridgehead atoms. The first-order valence-electron chi connectivity index (χ1n) is 9.97. The SMILES string of the molecule is CC#CCn1c(N2CCC[C@@H](N)C2)cc(=O)n(Cc2ccc(Cl)c(C(=O)OC)c2)c1=O. The van der Waals surface area contributed by atoms with Crippen molar-refractivity contribution in [2.45, 2.75) is 38.9 Å². The van der Waals surface area contributed by atoms with Gasteiger partial charge in [0.2, 0.25) is 0 Å². The third-order valence-corrected chi connectivity index (χ3v) is 5.56. The molecule has 1 saturated heterocycles. The lowest BCUT2D eigenvalue weighted by molar-refractivity contribution is 0.0601. The van der Waals surface area contributed by atoms with E-state index >= 15 is 0 Å². The molecule has 0 unspecified atom stereocenters. The van der Waals surface area contributed by atoms with Gasteiger partial charge in [-0.25, -0.2) is 9.59 Å². The van der Waals surface area contributed by atoms with E-state index in [2.05, 4.69) is 11.8 Å². The molecule has 0 amide bonds. The van der Waals surface area contributed by atoms with E-state index in [9.17, 15) is 14.4 Å². The van der Waals surface area contributed by atoms with E-state index in [0.29, 0.717) is 17.9 Å². The first-order valence-corrected chi connectivity index (χ1v) is 10.3. The van der Waals surface area contributed by atoms with E-state index in [1.54, 1.807) is 19.1 Å². The van der Waals surface area contributed by atoms with Crippen molar-refractivity contribution in [2.75, 3.05) is 25.1 Å². The summed E-state index contributed by atoms with van der Waals surface area (Å²) >= 11 is 6.07. The molecule has 0 saturated carbocycles. The lowest BCUT2D eigenvalue weighted by atomic mass is 10.1. The van der Waals surface area contributed by atoms with Crippen LogP contribution in [0.4, 0.5) is 5.82 Å². The summed E-state index contributed by atoms with van der Waals surface area (Å²) in [6.07, 6.45) is 1.80. The van der Waals surface area contributed by atoms with Crippen LogP contribution in [-0.2, 0) is 17.8 Å². The summed E-state index contributed by atoms with van der Waals surface area (Å²) < 4.78 is 7.35. The summed E-state index contributed by atoms with van der Waals surface area (Å²) in [4.78, 5) is 40.1. The normalized spacial score (nSPS) is 15.9. The van der Waals surface area contributed by atoms with Crippen LogP contribution in [-0.4, -0.2) is 41.3 Å². The number of nitrogens with two attached hydrogens (primary N) is 1. The molecule has 3 rings (SSSR count). The van der Waals surface area contributed by atoms with Gasteiger partial charge >= 0.3 is 11.7 Å². The lowest BCUT2D eigenvalue weighted by Gasteiger charge is -2.33. The Morgan fingerprint density at radius 2 is 2.06 bits per heavy atom. The van der Waals surface area contributed by atoms with E-state index in [0.717, 1.165) is 24.0 Å². The predicted molar refractivity (Wildman–Crippen MR) is 120 cm³/mol. The number of piperidine rings is 1. The van der Waals surface area contributed by atoms with Crippen LogP contribution in [0.3, 0.4) is 0 Å². The van der Waals surface area contributed by atoms with Gasteiger partial charge in [-0.05, 0) is 37.5 Å². The highest BCUT2D eigenvalue weighted by molar-refractivity contribution is 6.33. The maximum atomic E-state index is 13.3. The number of hydrogen-bond acceptors (Lipinski definition) is 6. The van der Waals surface area contributed by atoms with E-state index in [4.69, 9.17) is 22.1 Å². The van der Waals surface area contributed by atoms with Gasteiger partial charge in [-0.3, -0.25) is 13.9 Å². The second-order valence-electron chi connectivity index (χ2n) is 7.38. The Morgan fingerprint density at radius 3 is 2.74 bits per heavy atom. The molecule has 9 heteroatoms. The predicted octanol–water partition coefficient (Wildman–Crippen LogP) is 1.45. The molecule has 8 nitrogen and oxygen atoms in total. The number of esters is 1. The van der Waals surface area contributed by atoms with Crippen LogP contribution >= 0.6 is 11.6 Å². The summed E-state index contributed by atoms with van der Waals surface area (Å²) in [5, 5.41) is 0.232. The standard InChI is InChI=1S/C22H25ClN4O4/c1-3-4-10-26-19(25-9-5-6-16(24)14-25)12-20(28)27(22(26)30)13-15-7-8-18(23)17(11-15)21(29)31-2/h7-8,11-12,16H,5-6,9-10,13-14,24H2,1-2H3/t16-/m1/s1. The highest BCUT2D eigenvalue weighted by Gasteiger charge is 2.22. The Morgan fingerprint density at radius 1 is 1.29 bits per heavy atom. The molecule has 0 aliphatic carbocycles. The first-order chi connectivity index (χ1) is 14.8. The van der Waals surface area contributed by atoms with Gasteiger partial charge in [0.1, 0.15) is 5.82 Å². The molecule has 1 aromatic heterocycles. The zero-order valence-corrected chi connectivity index (χ0v) is 18.3. The van der Waals surface area contributed by atoms with Crippen LogP contribution in [0.1, 0.15) is 35.7 Å². The molecule has 0 spiro atoms. The number of hydrogen-bond donors (Lipinski definition) is 1. The van der Waals surface area contributed by atoms with E-state index < -0.39 is 17.2 Å². The van der Waals surface area contributed by atoms with Gasteiger partial charge < -0.3 is 15.4 Å². The molecule has 1 aliphatic heterocycles. The minimum atomic E-state index is -0.591. The number of carbonyl (C=O) groups is 1. The average molecular weight is 445 g/mol. The topological polar surface area (TPSA) is 99.6 Å². The second-order valence-corrected chi connectivity index (χ2v) is 7.78. The van der Waals surface area contributed by atoms with Crippen LogP contribution in [0.25, 0.3) is 0 Å². The highest BCUT2D eigenvalue weighted by Crippen LogP contribution is 2.20. The number of methoxy groups -OCH3 is 1. The van der Waals surface area contributed by atoms with Crippen molar-refractivity contribution >= 4 is 23.4 Å². The molecule has 2 aromatic rings. The molecule has 2 heterocycles. The molecule has 1 atom stereocenters. The summed E-state index contributed by atoms with van der Waals surface area (Å²) in [6.45, 7) is 3.13. The first kappa shape index (κ1) is 22.7. The van der Waals surface area contributed by atoms with Crippen molar-refractivity contribution in [1.82, 2.24) is 9.13 Å². The van der Waals surface area contributed by atoms with Gasteiger partial charge in [-0.2, -0.15) is 0 Å². The maximum Gasteiger partial charge on any atom is 0.339 e. The molecule has 2 N–H and O–H groups in total. The number of halogens is 1. The fraction of sp³-hybridized carbons (Fsp3) is 0.409. The largest absolute Gasteiger partial charge is 0.465 e. The summed E-state index contributed by atoms with van der Waals surface area (Å²) in [7, 11) is 1.26. The van der Waals surface area contributed by atoms with Crippen LogP contribution in [0, 0.1) is 11.8 Å². The quantitative estimate of drug-likeness (QED) is 0.553. The Kier molecular flexibility index (Phi) is 7.21. The highest BCUT2D eigenvalue weighted by atomic mass is 35.5. The molecule has 164 valence electrons. The van der Waals surface area contributed by atoms with E-state index in [1.807, 2.05) is 4.90 Å². The number of rotatable bonds is 5. The number of benzene rings is 1. The van der Waals surface area contributed by atoms with Crippen LogP contribution in [0.5, 0.6) is 0 Å². The Hall–Kier alpha value is -3.02. The van der Waals surface area contributed by atoms with E-state index in [1.165, 1.54) is 23.8 Å². The summed E-state index contributed by atoms with van der Waals surface area (Å²) in [6, 6.07) is 6.16. The van der Waals surface area contributed by atoms with Gasteiger partial charge in [-0.15, -0.1) is 5.92 Å². The number of nitrogens with zero attached hydrogens (tertiary/aromatic N) is 3. The minimum absolute atomic E-state index is 0.0113. The molecule has 31 heavy (non-hydrogen) atoms. The van der Waals surface area contributed by atoms with E-state index in [-0.39, 0.29) is 29.7 Å². The lowest BCUT2D eigenvalue weighted by Crippen LogP contribution is -2.48. The van der Waals surface area contributed by atoms with Gasteiger partial charge in [0, 0.05) is 25.2 Å². The maximum absolute atomic E-state index is 13.3. The zero-order valence-electron chi connectivity index (χ0n) is 17.6. The van der Waals surface area contributed by atoms with Gasteiger partial charge in [-0.1, -0.05) is 23.6 Å². The Balaban J connectivity index is 2.05. The Bertz CT molecular complexity index is 1160. The number of ether oxygens (including phenoxy) is 1. The smallest absolute Gasteiger partial charge is 0.339 e. The summed E-state index contributed by atoms with van der Waals surface area (Å²) in [5.41, 5.74) is 5.93. The van der Waals surface area contributed by atoms with Crippen LogP contribution in [0.15, 0.2) is 33.9 Å². The van der Waals surface area contributed by atoms with Crippen molar-refractivity contribution in [1.29, 1.82) is 0 Å². The fourth-order valence-corrected chi connectivity index (χ4v) is 3.85. The fourth-order valence-electron chi connectivity index (χ4n) is 3.66. The van der Waals surface area contributed by atoms with Crippen molar-refractivity contribution in [3.8, 4) is 11.8 Å². The van der Waals surface area contributed by atoms with Crippen LogP contribution in [0.2, 0.25) is 5.02 Å². The average Bonchev–Trinajstić information content (AvgIpc) is 2.76. The molecule has 1 fully saturated rings. The Labute approximate surface area is 185 Å². The number of carbonyl (C=O) groups excluding carboxylic acids is 1. The van der Waals surface area contributed by atoms with Crippen LogP contribution < -0.4 is 21.9 Å². The summed E-state index contributed by atoms with van der Waals surface area (Å²) in [5.74, 6) is 5.63. The van der Waals surface area contributed by atoms with Gasteiger partial charge in [0.25, 0.3) is 5.56 Å². The minimum Gasteiger partial charge on any atom is -0.465 e. The van der Waals surface area contributed by atoms with Crippen molar-refractivity contribution in [3.63, 3.8) is 0 Å². The monoisotopic (exact) mass is 444 g/mol. The zero-order chi connectivity index (χ0) is 22.5. The molecule has 1 aliphatic rings. The number of anilines is 1. The number of aromatic nitrogens is 2. The van der Waals surface area contributed by atoms with Crippen molar-refractivity contribution in [2.24, 2.45) is 5.73 Å². The van der Waals surface area contributed by atoms with Crippen molar-refractivity contribution in [3.05, 3.63) is 61.3 Å². The molecule has 0 radical (unpaired) electrons. The third-order valence-electron chi connectivity index (χ3n) is 5.23. The second kappa shape index (κ2) is 9.86.